The van der Waals surface area contributed by atoms with Crippen LogP contribution in [-0.2, 0) is 4.79 Å². The van der Waals surface area contributed by atoms with Crippen LogP contribution in [0.15, 0.2) is 18.2 Å². The Morgan fingerprint density at radius 1 is 1.50 bits per heavy atom. The number of thiocarbonyl (C=S) groups is 1. The van der Waals surface area contributed by atoms with Crippen LogP contribution in [0.4, 0.5) is 5.69 Å². The summed E-state index contributed by atoms with van der Waals surface area (Å²) in [6, 6.07) is 5.02. The van der Waals surface area contributed by atoms with E-state index in [2.05, 4.69) is 5.32 Å². The maximum atomic E-state index is 12.2. The van der Waals surface area contributed by atoms with Gasteiger partial charge in [-0.1, -0.05) is 48.4 Å². The molecule has 0 saturated carbocycles. The topological polar surface area (TPSA) is 55.1 Å². The van der Waals surface area contributed by atoms with Gasteiger partial charge in [0.25, 0.3) is 0 Å². The van der Waals surface area contributed by atoms with Crippen molar-refractivity contribution in [2.75, 3.05) is 5.32 Å². The van der Waals surface area contributed by atoms with Gasteiger partial charge in [-0.2, -0.15) is 0 Å². The molecule has 6 heteroatoms. The van der Waals surface area contributed by atoms with E-state index in [1.165, 1.54) is 0 Å². The highest BCUT2D eigenvalue weighted by Crippen LogP contribution is 2.31. The minimum absolute atomic E-state index is 0.153. The molecule has 98 valence electrons. The minimum Gasteiger partial charge on any atom is -0.392 e. The molecule has 0 aromatic heterocycles. The van der Waals surface area contributed by atoms with Crippen molar-refractivity contribution in [1.29, 1.82) is 0 Å². The van der Waals surface area contributed by atoms with Crippen molar-refractivity contribution in [3.05, 3.63) is 28.2 Å². The van der Waals surface area contributed by atoms with Crippen molar-refractivity contribution in [2.24, 2.45) is 11.1 Å². The van der Waals surface area contributed by atoms with Gasteiger partial charge >= 0.3 is 0 Å². The highest BCUT2D eigenvalue weighted by atomic mass is 35.5. The molecule has 1 atom stereocenters. The number of nitrogens with two attached hydrogens (primary N) is 1. The molecule has 0 saturated heterocycles. The third kappa shape index (κ3) is 2.94. The lowest BCUT2D eigenvalue weighted by atomic mass is 9.86. The third-order valence-electron chi connectivity index (χ3n) is 2.95. The summed E-state index contributed by atoms with van der Waals surface area (Å²) in [6.45, 7) is 3.54. The van der Waals surface area contributed by atoms with E-state index in [1.807, 2.05) is 6.92 Å². The molecule has 3 nitrogen and oxygen atoms in total. The Balaban J connectivity index is 3.01. The number of hydrogen-bond donors (Lipinski definition) is 2. The SMILES string of the molecule is CCC(C)(C(=O)Nc1cccc(Cl)c1Cl)C(N)=S. The van der Waals surface area contributed by atoms with Crippen molar-refractivity contribution >= 4 is 52.0 Å². The molecule has 18 heavy (non-hydrogen) atoms. The molecule has 0 aliphatic rings. The van der Waals surface area contributed by atoms with Gasteiger partial charge in [0.2, 0.25) is 5.91 Å². The summed E-state index contributed by atoms with van der Waals surface area (Å²) in [5.74, 6) is -0.290. The number of anilines is 1. The number of carbonyl (C=O) groups excluding carboxylic acids is 1. The first-order valence-corrected chi connectivity index (χ1v) is 6.54. The minimum atomic E-state index is -0.902. The van der Waals surface area contributed by atoms with Crippen LogP contribution in [0.2, 0.25) is 10.0 Å². The molecular formula is C12H14Cl2N2OS. The predicted octanol–water partition coefficient (Wildman–Crippen LogP) is 3.63. The molecule has 1 amide bonds. The van der Waals surface area contributed by atoms with Gasteiger partial charge in [0.15, 0.2) is 0 Å². The maximum absolute atomic E-state index is 12.2. The van der Waals surface area contributed by atoms with E-state index in [4.69, 9.17) is 41.2 Å². The molecule has 0 aliphatic heterocycles. The highest BCUT2D eigenvalue weighted by molar-refractivity contribution is 7.80. The third-order valence-corrected chi connectivity index (χ3v) is 4.22. The number of hydrogen-bond acceptors (Lipinski definition) is 2. The van der Waals surface area contributed by atoms with Gasteiger partial charge in [0.1, 0.15) is 0 Å². The van der Waals surface area contributed by atoms with Crippen molar-refractivity contribution in [2.45, 2.75) is 20.3 Å². The van der Waals surface area contributed by atoms with Crippen LogP contribution < -0.4 is 11.1 Å². The van der Waals surface area contributed by atoms with Gasteiger partial charge in [0.05, 0.1) is 26.1 Å². The summed E-state index contributed by atoms with van der Waals surface area (Å²) in [6.07, 6.45) is 0.506. The van der Waals surface area contributed by atoms with E-state index in [0.29, 0.717) is 22.2 Å². The standard InChI is InChI=1S/C12H14Cl2N2OS/c1-3-12(2,10(15)18)11(17)16-8-6-4-5-7(13)9(8)14/h4-6H,3H2,1-2H3,(H2,15,18)(H,16,17). The lowest BCUT2D eigenvalue weighted by Crippen LogP contribution is -2.43. The monoisotopic (exact) mass is 304 g/mol. The first-order valence-electron chi connectivity index (χ1n) is 5.38. The molecule has 1 aromatic carbocycles. The molecule has 0 heterocycles. The fourth-order valence-corrected chi connectivity index (χ4v) is 1.89. The van der Waals surface area contributed by atoms with Crippen LogP contribution in [-0.4, -0.2) is 10.9 Å². The van der Waals surface area contributed by atoms with Crippen LogP contribution in [0.1, 0.15) is 20.3 Å². The van der Waals surface area contributed by atoms with Gasteiger partial charge in [-0.15, -0.1) is 0 Å². The molecule has 1 rings (SSSR count). The molecule has 0 radical (unpaired) electrons. The van der Waals surface area contributed by atoms with E-state index in [0.717, 1.165) is 0 Å². The van der Waals surface area contributed by atoms with Crippen LogP contribution in [0.3, 0.4) is 0 Å². The van der Waals surface area contributed by atoms with E-state index in [-0.39, 0.29) is 10.9 Å². The normalized spacial score (nSPS) is 13.8. The Labute approximate surface area is 122 Å². The second-order valence-corrected chi connectivity index (χ2v) is 5.33. The number of nitrogens with one attached hydrogen (secondary N) is 1. The summed E-state index contributed by atoms with van der Waals surface area (Å²) >= 11 is 16.8. The lowest BCUT2D eigenvalue weighted by Gasteiger charge is -2.25. The summed E-state index contributed by atoms with van der Waals surface area (Å²) in [7, 11) is 0. The van der Waals surface area contributed by atoms with Crippen LogP contribution in [0.25, 0.3) is 0 Å². The zero-order valence-corrected chi connectivity index (χ0v) is 12.4. The van der Waals surface area contributed by atoms with Crippen LogP contribution >= 0.6 is 35.4 Å². The molecule has 1 unspecified atom stereocenters. The second-order valence-electron chi connectivity index (χ2n) is 4.11. The summed E-state index contributed by atoms with van der Waals surface area (Å²) in [5.41, 5.74) is 5.16. The molecule has 0 bridgehead atoms. The average Bonchev–Trinajstić information content (AvgIpc) is 2.33. The van der Waals surface area contributed by atoms with Crippen molar-refractivity contribution < 1.29 is 4.79 Å². The fourth-order valence-electron chi connectivity index (χ4n) is 1.31. The predicted molar refractivity (Wildman–Crippen MR) is 80.3 cm³/mol. The highest BCUT2D eigenvalue weighted by Gasteiger charge is 2.34. The Kier molecular flexibility index (Phi) is 4.96. The zero-order valence-electron chi connectivity index (χ0n) is 10.1. The number of carbonyl (C=O) groups is 1. The van der Waals surface area contributed by atoms with Gasteiger partial charge in [-0.3, -0.25) is 4.79 Å². The maximum Gasteiger partial charge on any atom is 0.237 e. The summed E-state index contributed by atoms with van der Waals surface area (Å²) < 4.78 is 0. The fraction of sp³-hybridized carbons (Fsp3) is 0.333. The number of benzene rings is 1. The first-order chi connectivity index (χ1) is 8.32. The Bertz CT molecular complexity index is 493. The zero-order chi connectivity index (χ0) is 13.9. The van der Waals surface area contributed by atoms with E-state index >= 15 is 0 Å². The molecule has 3 N–H and O–H groups in total. The summed E-state index contributed by atoms with van der Waals surface area (Å²) in [5, 5.41) is 3.38. The molecular weight excluding hydrogens is 291 g/mol. The van der Waals surface area contributed by atoms with E-state index < -0.39 is 5.41 Å². The Morgan fingerprint density at radius 3 is 2.61 bits per heavy atom. The van der Waals surface area contributed by atoms with Crippen LogP contribution in [0, 0.1) is 5.41 Å². The van der Waals surface area contributed by atoms with Crippen LogP contribution in [0.5, 0.6) is 0 Å². The Morgan fingerprint density at radius 2 is 2.11 bits per heavy atom. The largest absolute Gasteiger partial charge is 0.392 e. The van der Waals surface area contributed by atoms with E-state index in [1.54, 1.807) is 25.1 Å². The number of halogens is 2. The first kappa shape index (κ1) is 15.2. The summed E-state index contributed by atoms with van der Waals surface area (Å²) in [4.78, 5) is 12.3. The van der Waals surface area contributed by atoms with E-state index in [9.17, 15) is 4.79 Å². The average molecular weight is 305 g/mol. The number of amides is 1. The molecule has 0 fully saturated rings. The van der Waals surface area contributed by atoms with Crippen molar-refractivity contribution in [3.8, 4) is 0 Å². The van der Waals surface area contributed by atoms with Crippen molar-refractivity contribution in [1.82, 2.24) is 0 Å². The molecule has 0 spiro atoms. The number of rotatable bonds is 4. The smallest absolute Gasteiger partial charge is 0.237 e. The van der Waals surface area contributed by atoms with Gasteiger partial charge in [-0.25, -0.2) is 0 Å². The van der Waals surface area contributed by atoms with Crippen molar-refractivity contribution in [3.63, 3.8) is 0 Å². The molecule has 1 aromatic rings. The van der Waals surface area contributed by atoms with Gasteiger partial charge < -0.3 is 11.1 Å². The quantitative estimate of drug-likeness (QED) is 0.835. The lowest BCUT2D eigenvalue weighted by molar-refractivity contribution is -0.121. The Hall–Kier alpha value is -0.840. The van der Waals surface area contributed by atoms with Gasteiger partial charge in [-0.05, 0) is 25.5 Å². The van der Waals surface area contributed by atoms with Gasteiger partial charge in [0, 0.05) is 0 Å². The molecule has 0 aliphatic carbocycles. The second kappa shape index (κ2) is 5.87.